The van der Waals surface area contributed by atoms with E-state index in [1.165, 1.54) is 6.21 Å². The average Bonchev–Trinajstić information content (AvgIpc) is 1.94. The van der Waals surface area contributed by atoms with Crippen LogP contribution in [-0.2, 0) is 0 Å². The molecule has 1 rings (SSSR count). The SMILES string of the molecule is O[NH+]=Cc1ccccc1O. The number of para-hydroxylation sites is 1. The first-order valence-corrected chi connectivity index (χ1v) is 2.85. The fourth-order valence-corrected chi connectivity index (χ4v) is 0.679. The van der Waals surface area contributed by atoms with Crippen molar-refractivity contribution in [3.05, 3.63) is 29.8 Å². The van der Waals surface area contributed by atoms with Crippen molar-refractivity contribution in [2.75, 3.05) is 0 Å². The topological polar surface area (TPSA) is 54.4 Å². The molecule has 0 saturated carbocycles. The maximum absolute atomic E-state index is 9.06. The van der Waals surface area contributed by atoms with Crippen LogP contribution in [-0.4, -0.2) is 16.5 Å². The summed E-state index contributed by atoms with van der Waals surface area (Å²) in [6.07, 6.45) is 1.30. The molecule has 0 atom stereocenters. The van der Waals surface area contributed by atoms with Gasteiger partial charge in [0.1, 0.15) is 5.75 Å². The molecule has 0 aromatic heterocycles. The third-order valence-electron chi connectivity index (χ3n) is 1.16. The van der Waals surface area contributed by atoms with Crippen LogP contribution in [0.5, 0.6) is 5.75 Å². The number of benzene rings is 1. The molecule has 52 valence electrons. The lowest BCUT2D eigenvalue weighted by molar-refractivity contribution is -0.733. The van der Waals surface area contributed by atoms with E-state index in [2.05, 4.69) is 0 Å². The quantitative estimate of drug-likeness (QED) is 0.272. The van der Waals surface area contributed by atoms with Gasteiger partial charge in [0.2, 0.25) is 6.21 Å². The van der Waals surface area contributed by atoms with Gasteiger partial charge in [-0.15, -0.1) is 0 Å². The van der Waals surface area contributed by atoms with Gasteiger partial charge in [0, 0.05) is 0 Å². The third-order valence-corrected chi connectivity index (χ3v) is 1.16. The predicted octanol–water partition coefficient (Wildman–Crippen LogP) is -0.719. The minimum absolute atomic E-state index is 0.143. The van der Waals surface area contributed by atoms with Crippen LogP contribution in [0.15, 0.2) is 24.3 Å². The molecule has 3 heteroatoms. The second-order valence-corrected chi connectivity index (χ2v) is 1.83. The Kier molecular flexibility index (Phi) is 1.89. The molecule has 0 aliphatic carbocycles. The molecule has 0 radical (unpaired) electrons. The fraction of sp³-hybridized carbons (Fsp3) is 0. The Hall–Kier alpha value is -1.51. The minimum atomic E-state index is 0.143. The lowest BCUT2D eigenvalue weighted by Gasteiger charge is -1.90. The molecule has 0 saturated heterocycles. The molecule has 3 nitrogen and oxygen atoms in total. The van der Waals surface area contributed by atoms with E-state index >= 15 is 0 Å². The van der Waals surface area contributed by atoms with Gasteiger partial charge in [0.15, 0.2) is 0 Å². The molecule has 0 spiro atoms. The second kappa shape index (κ2) is 2.87. The van der Waals surface area contributed by atoms with E-state index in [1.54, 1.807) is 24.3 Å². The zero-order valence-electron chi connectivity index (χ0n) is 5.28. The predicted molar refractivity (Wildman–Crippen MR) is 36.0 cm³/mol. The van der Waals surface area contributed by atoms with Gasteiger partial charge in [-0.05, 0) is 17.3 Å². The van der Waals surface area contributed by atoms with E-state index in [1.807, 2.05) is 5.16 Å². The van der Waals surface area contributed by atoms with Crippen LogP contribution in [0.4, 0.5) is 0 Å². The maximum Gasteiger partial charge on any atom is 0.223 e. The number of nitrogens with one attached hydrogen (secondary N) is 1. The number of phenolic OH excluding ortho intramolecular Hbond substituents is 1. The first-order valence-electron chi connectivity index (χ1n) is 2.85. The van der Waals surface area contributed by atoms with Gasteiger partial charge in [-0.3, -0.25) is 5.21 Å². The fourth-order valence-electron chi connectivity index (χ4n) is 0.679. The summed E-state index contributed by atoms with van der Waals surface area (Å²) >= 11 is 0. The van der Waals surface area contributed by atoms with Gasteiger partial charge in [0.05, 0.1) is 5.56 Å². The van der Waals surface area contributed by atoms with Gasteiger partial charge in [-0.25, -0.2) is 0 Å². The van der Waals surface area contributed by atoms with Gasteiger partial charge in [-0.2, -0.15) is 0 Å². The van der Waals surface area contributed by atoms with E-state index in [9.17, 15) is 0 Å². The van der Waals surface area contributed by atoms with Crippen LogP contribution in [0.3, 0.4) is 0 Å². The van der Waals surface area contributed by atoms with Crippen molar-refractivity contribution in [1.29, 1.82) is 0 Å². The van der Waals surface area contributed by atoms with Crippen molar-refractivity contribution in [2.45, 2.75) is 0 Å². The first-order chi connectivity index (χ1) is 4.84. The lowest BCUT2D eigenvalue weighted by atomic mass is 10.2. The van der Waals surface area contributed by atoms with E-state index in [4.69, 9.17) is 10.3 Å². The van der Waals surface area contributed by atoms with Crippen LogP contribution in [0.25, 0.3) is 0 Å². The molecule has 0 unspecified atom stereocenters. The van der Waals surface area contributed by atoms with E-state index in [0.717, 1.165) is 0 Å². The summed E-state index contributed by atoms with van der Waals surface area (Å²) in [6, 6.07) is 6.70. The molecular formula is C7H8NO2+. The van der Waals surface area contributed by atoms with Crippen molar-refractivity contribution in [3.8, 4) is 5.75 Å². The molecule has 0 bridgehead atoms. The van der Waals surface area contributed by atoms with Crippen LogP contribution in [0, 0.1) is 0 Å². The summed E-state index contributed by atoms with van der Waals surface area (Å²) in [5.74, 6) is 0.143. The van der Waals surface area contributed by atoms with Gasteiger partial charge in [0.25, 0.3) is 0 Å². The van der Waals surface area contributed by atoms with Crippen LogP contribution in [0.1, 0.15) is 5.56 Å². The zero-order chi connectivity index (χ0) is 7.40. The number of hydrogen-bond donors (Lipinski definition) is 3. The van der Waals surface area contributed by atoms with Gasteiger partial charge >= 0.3 is 0 Å². The molecule has 10 heavy (non-hydrogen) atoms. The number of phenols is 1. The lowest BCUT2D eigenvalue weighted by Crippen LogP contribution is -2.64. The molecular weight excluding hydrogens is 130 g/mol. The number of aromatic hydroxyl groups is 1. The number of hydrogen-bond acceptors (Lipinski definition) is 2. The summed E-state index contributed by atoms with van der Waals surface area (Å²) in [5, 5.41) is 19.1. The van der Waals surface area contributed by atoms with Crippen molar-refractivity contribution in [1.82, 2.24) is 0 Å². The highest BCUT2D eigenvalue weighted by atomic mass is 16.4. The molecule has 0 fully saturated rings. The molecule has 0 amide bonds. The highest BCUT2D eigenvalue weighted by molar-refractivity contribution is 5.78. The summed E-state index contributed by atoms with van der Waals surface area (Å²) in [6.45, 7) is 0. The van der Waals surface area contributed by atoms with Gasteiger partial charge < -0.3 is 5.11 Å². The molecule has 0 aliphatic rings. The zero-order valence-corrected chi connectivity index (χ0v) is 5.28. The van der Waals surface area contributed by atoms with Crippen molar-refractivity contribution in [3.63, 3.8) is 0 Å². The van der Waals surface area contributed by atoms with Crippen molar-refractivity contribution >= 4 is 6.21 Å². The van der Waals surface area contributed by atoms with Crippen LogP contribution < -0.4 is 5.16 Å². The second-order valence-electron chi connectivity index (χ2n) is 1.83. The Morgan fingerprint density at radius 2 is 2.00 bits per heavy atom. The minimum Gasteiger partial charge on any atom is -0.507 e. The van der Waals surface area contributed by atoms with E-state index in [0.29, 0.717) is 5.56 Å². The maximum atomic E-state index is 9.06. The summed E-state index contributed by atoms with van der Waals surface area (Å²) in [7, 11) is 0. The third kappa shape index (κ3) is 1.25. The Labute approximate surface area is 58.2 Å². The van der Waals surface area contributed by atoms with Crippen LogP contribution in [0.2, 0.25) is 0 Å². The van der Waals surface area contributed by atoms with Crippen LogP contribution >= 0.6 is 0 Å². The summed E-state index contributed by atoms with van der Waals surface area (Å²) < 4.78 is 0. The molecule has 1 aromatic rings. The largest absolute Gasteiger partial charge is 0.507 e. The Morgan fingerprint density at radius 1 is 1.30 bits per heavy atom. The molecule has 1 aromatic carbocycles. The van der Waals surface area contributed by atoms with Crippen molar-refractivity contribution in [2.24, 2.45) is 0 Å². The smallest absolute Gasteiger partial charge is 0.223 e. The molecule has 0 heterocycles. The molecule has 3 N–H and O–H groups in total. The van der Waals surface area contributed by atoms with Crippen molar-refractivity contribution < 1.29 is 15.5 Å². The van der Waals surface area contributed by atoms with Gasteiger partial charge in [-0.1, -0.05) is 12.1 Å². The van der Waals surface area contributed by atoms with E-state index < -0.39 is 0 Å². The number of rotatable bonds is 1. The Balaban J connectivity index is 3.03. The Morgan fingerprint density at radius 3 is 2.60 bits per heavy atom. The normalized spacial score (nSPS) is 10.4. The van der Waals surface area contributed by atoms with E-state index in [-0.39, 0.29) is 5.75 Å². The first kappa shape index (κ1) is 6.61. The average molecular weight is 138 g/mol. The highest BCUT2D eigenvalue weighted by Crippen LogP contribution is 2.11. The highest BCUT2D eigenvalue weighted by Gasteiger charge is 1.96. The monoisotopic (exact) mass is 138 g/mol. The Bertz CT molecular complexity index is 245. The molecule has 0 aliphatic heterocycles. The standard InChI is InChI=1S/C7H7NO2/c9-7-4-2-1-3-6(7)5-8-10/h1-5,9-10H/p+1. The summed E-state index contributed by atoms with van der Waals surface area (Å²) in [5.41, 5.74) is 0.560. The summed E-state index contributed by atoms with van der Waals surface area (Å²) in [4.78, 5) is 0.